The van der Waals surface area contributed by atoms with Gasteiger partial charge in [-0.25, -0.2) is 8.42 Å². The van der Waals surface area contributed by atoms with Gasteiger partial charge < -0.3 is 15.3 Å². The first-order chi connectivity index (χ1) is 9.10. The molecule has 0 radical (unpaired) electrons. The lowest BCUT2D eigenvalue weighted by molar-refractivity contribution is -0.139. The predicted octanol–water partition coefficient (Wildman–Crippen LogP) is 0.799. The molecule has 0 saturated carbocycles. The quantitative estimate of drug-likeness (QED) is 0.616. The molecule has 0 aliphatic carbocycles. The summed E-state index contributed by atoms with van der Waals surface area (Å²) in [7, 11) is -3.79. The highest BCUT2D eigenvalue weighted by Crippen LogP contribution is 2.25. The zero-order valence-corrected chi connectivity index (χ0v) is 11.9. The lowest BCUT2D eigenvalue weighted by Gasteiger charge is -2.16. The van der Waals surface area contributed by atoms with Gasteiger partial charge >= 0.3 is 5.97 Å². The number of phenols is 2. The Morgan fingerprint density at radius 3 is 2.10 bits per heavy atom. The van der Waals surface area contributed by atoms with Crippen molar-refractivity contribution in [2.75, 3.05) is 5.75 Å². The van der Waals surface area contributed by atoms with Crippen LogP contribution in [0.4, 0.5) is 0 Å². The van der Waals surface area contributed by atoms with Crippen LogP contribution in [0, 0.1) is 5.92 Å². The van der Waals surface area contributed by atoms with Gasteiger partial charge in [-0.3, -0.25) is 4.79 Å². The molecule has 0 amide bonds. The van der Waals surface area contributed by atoms with Crippen LogP contribution in [0.2, 0.25) is 0 Å². The summed E-state index contributed by atoms with van der Waals surface area (Å²) in [5, 5.41) is 27.8. The number of nitrogens with one attached hydrogen (secondary N) is 1. The van der Waals surface area contributed by atoms with E-state index in [0.717, 1.165) is 18.2 Å². The minimum atomic E-state index is -3.79. The molecule has 0 fully saturated rings. The number of carbonyl (C=O) groups is 1. The summed E-state index contributed by atoms with van der Waals surface area (Å²) < 4.78 is 25.6. The zero-order valence-electron chi connectivity index (χ0n) is 11.1. The van der Waals surface area contributed by atoms with Gasteiger partial charge in [-0.2, -0.15) is 4.72 Å². The van der Waals surface area contributed by atoms with Gasteiger partial charge in [0.15, 0.2) is 0 Å². The molecule has 1 atom stereocenters. The van der Waals surface area contributed by atoms with Gasteiger partial charge in [0.05, 0.1) is 5.75 Å². The van der Waals surface area contributed by atoms with Crippen LogP contribution >= 0.6 is 0 Å². The van der Waals surface area contributed by atoms with Crippen molar-refractivity contribution < 1.29 is 28.5 Å². The molecule has 0 saturated heterocycles. The molecule has 1 aromatic carbocycles. The second kappa shape index (κ2) is 6.10. The van der Waals surface area contributed by atoms with Crippen molar-refractivity contribution in [3.05, 3.63) is 23.8 Å². The molecule has 0 aliphatic heterocycles. The van der Waals surface area contributed by atoms with E-state index in [-0.39, 0.29) is 28.7 Å². The third-order valence-electron chi connectivity index (χ3n) is 2.36. The SMILES string of the molecule is CC(C)CS(=O)(=O)NC(C(=O)O)c1cc(O)cc(O)c1. The van der Waals surface area contributed by atoms with E-state index in [0.29, 0.717) is 0 Å². The van der Waals surface area contributed by atoms with Crippen LogP contribution in [0.3, 0.4) is 0 Å². The van der Waals surface area contributed by atoms with E-state index in [1.54, 1.807) is 13.8 Å². The topological polar surface area (TPSA) is 124 Å². The van der Waals surface area contributed by atoms with Crippen LogP contribution in [0.25, 0.3) is 0 Å². The second-order valence-electron chi connectivity index (χ2n) is 4.85. The van der Waals surface area contributed by atoms with Crippen LogP contribution in [0.5, 0.6) is 11.5 Å². The van der Waals surface area contributed by atoms with Gasteiger partial charge in [-0.1, -0.05) is 13.8 Å². The Balaban J connectivity index is 3.10. The first-order valence-corrected chi connectivity index (χ1v) is 7.51. The van der Waals surface area contributed by atoms with Gasteiger partial charge in [-0.05, 0) is 23.6 Å². The highest BCUT2D eigenvalue weighted by Gasteiger charge is 2.27. The van der Waals surface area contributed by atoms with E-state index < -0.39 is 22.0 Å². The summed E-state index contributed by atoms with van der Waals surface area (Å²) in [6.45, 7) is 3.38. The smallest absolute Gasteiger partial charge is 0.326 e. The number of rotatable bonds is 6. The number of phenolic OH excluding ortho intramolecular Hbond substituents is 2. The predicted molar refractivity (Wildman–Crippen MR) is 71.9 cm³/mol. The van der Waals surface area contributed by atoms with Crippen molar-refractivity contribution in [2.45, 2.75) is 19.9 Å². The number of sulfonamides is 1. The molecule has 8 heteroatoms. The van der Waals surface area contributed by atoms with Crippen LogP contribution in [-0.4, -0.2) is 35.5 Å². The molecule has 0 aliphatic rings. The number of carboxylic acid groups (broad SMARTS) is 1. The maximum absolute atomic E-state index is 11.8. The summed E-state index contributed by atoms with van der Waals surface area (Å²) in [6.07, 6.45) is 0. The molecular weight excluding hydrogens is 286 g/mol. The Kier molecular flexibility index (Phi) is 4.96. The fraction of sp³-hybridized carbons (Fsp3) is 0.417. The van der Waals surface area contributed by atoms with Crippen molar-refractivity contribution >= 4 is 16.0 Å². The molecule has 0 bridgehead atoms. The number of hydrogen-bond donors (Lipinski definition) is 4. The average molecular weight is 303 g/mol. The summed E-state index contributed by atoms with van der Waals surface area (Å²) in [5.41, 5.74) is -0.0534. The summed E-state index contributed by atoms with van der Waals surface area (Å²) in [6, 6.07) is 1.61. The van der Waals surface area contributed by atoms with E-state index in [4.69, 9.17) is 5.11 Å². The van der Waals surface area contributed by atoms with Crippen LogP contribution in [0.1, 0.15) is 25.5 Å². The monoisotopic (exact) mass is 303 g/mol. The molecular formula is C12H17NO6S. The van der Waals surface area contributed by atoms with E-state index >= 15 is 0 Å². The Hall–Kier alpha value is -1.80. The van der Waals surface area contributed by atoms with E-state index in [1.165, 1.54) is 0 Å². The Labute approximate surface area is 116 Å². The third-order valence-corrected chi connectivity index (χ3v) is 4.06. The van der Waals surface area contributed by atoms with Gasteiger partial charge in [0.25, 0.3) is 0 Å². The van der Waals surface area contributed by atoms with Crippen molar-refractivity contribution in [1.29, 1.82) is 0 Å². The van der Waals surface area contributed by atoms with Crippen LogP contribution < -0.4 is 4.72 Å². The second-order valence-corrected chi connectivity index (χ2v) is 6.65. The first-order valence-electron chi connectivity index (χ1n) is 5.86. The van der Waals surface area contributed by atoms with Crippen molar-refractivity contribution in [3.63, 3.8) is 0 Å². The molecule has 7 nitrogen and oxygen atoms in total. The molecule has 1 rings (SSSR count). The standard InChI is InChI=1S/C12H17NO6S/c1-7(2)6-20(18,19)13-11(12(16)17)8-3-9(14)5-10(15)4-8/h3-5,7,11,13-15H,6H2,1-2H3,(H,16,17). The fourth-order valence-corrected chi connectivity index (χ4v) is 3.28. The fourth-order valence-electron chi connectivity index (χ4n) is 1.71. The lowest BCUT2D eigenvalue weighted by Crippen LogP contribution is -2.36. The normalized spacial score (nSPS) is 13.3. The summed E-state index contributed by atoms with van der Waals surface area (Å²) >= 11 is 0. The average Bonchev–Trinajstić information content (AvgIpc) is 2.22. The maximum Gasteiger partial charge on any atom is 0.326 e. The first kappa shape index (κ1) is 16.3. The van der Waals surface area contributed by atoms with Gasteiger partial charge in [-0.15, -0.1) is 0 Å². The zero-order chi connectivity index (χ0) is 15.5. The number of aromatic hydroxyl groups is 2. The Morgan fingerprint density at radius 2 is 1.70 bits per heavy atom. The van der Waals surface area contributed by atoms with Gasteiger partial charge in [0.2, 0.25) is 10.0 Å². The largest absolute Gasteiger partial charge is 0.508 e. The van der Waals surface area contributed by atoms with Crippen molar-refractivity contribution in [1.82, 2.24) is 4.72 Å². The number of aliphatic carboxylic acids is 1. The number of hydrogen-bond acceptors (Lipinski definition) is 5. The molecule has 1 unspecified atom stereocenters. The molecule has 112 valence electrons. The Morgan fingerprint density at radius 1 is 1.20 bits per heavy atom. The highest BCUT2D eigenvalue weighted by atomic mass is 32.2. The van der Waals surface area contributed by atoms with Crippen molar-refractivity contribution in [3.8, 4) is 11.5 Å². The molecule has 20 heavy (non-hydrogen) atoms. The number of carboxylic acids is 1. The third kappa shape index (κ3) is 4.71. The van der Waals surface area contributed by atoms with Crippen LogP contribution in [-0.2, 0) is 14.8 Å². The minimum absolute atomic E-state index is 0.0534. The minimum Gasteiger partial charge on any atom is -0.508 e. The molecule has 0 aromatic heterocycles. The van der Waals surface area contributed by atoms with E-state index in [1.807, 2.05) is 4.72 Å². The van der Waals surface area contributed by atoms with Gasteiger partial charge in [0.1, 0.15) is 17.5 Å². The van der Waals surface area contributed by atoms with Crippen molar-refractivity contribution in [2.24, 2.45) is 5.92 Å². The van der Waals surface area contributed by atoms with E-state index in [9.17, 15) is 23.4 Å². The highest BCUT2D eigenvalue weighted by molar-refractivity contribution is 7.89. The number of benzene rings is 1. The lowest BCUT2D eigenvalue weighted by atomic mass is 10.1. The van der Waals surface area contributed by atoms with Gasteiger partial charge in [0, 0.05) is 6.07 Å². The molecule has 4 N–H and O–H groups in total. The molecule has 1 aromatic rings. The summed E-state index contributed by atoms with van der Waals surface area (Å²) in [5.74, 6) is -2.52. The van der Waals surface area contributed by atoms with Crippen LogP contribution in [0.15, 0.2) is 18.2 Å². The molecule has 0 spiro atoms. The Bertz CT molecular complexity index is 576. The van der Waals surface area contributed by atoms with E-state index in [2.05, 4.69) is 0 Å². The molecule has 0 heterocycles. The maximum atomic E-state index is 11.8. The summed E-state index contributed by atoms with van der Waals surface area (Å²) in [4.78, 5) is 11.2.